The number of carbonyl (C=O) groups is 1. The van der Waals surface area contributed by atoms with E-state index in [2.05, 4.69) is 17.1 Å². The maximum Gasteiger partial charge on any atom is 0.358 e. The number of carbonyl (C=O) groups excluding carboxylic acids is 1. The van der Waals surface area contributed by atoms with Crippen molar-refractivity contribution >= 4 is 11.8 Å². The van der Waals surface area contributed by atoms with Gasteiger partial charge in [0.2, 0.25) is 0 Å². The highest BCUT2D eigenvalue weighted by Gasteiger charge is 2.21. The van der Waals surface area contributed by atoms with E-state index in [9.17, 15) is 4.79 Å². The first-order chi connectivity index (χ1) is 10.2. The van der Waals surface area contributed by atoms with Crippen molar-refractivity contribution in [2.24, 2.45) is 0 Å². The van der Waals surface area contributed by atoms with Crippen LogP contribution in [0.2, 0.25) is 0 Å². The van der Waals surface area contributed by atoms with E-state index in [1.54, 1.807) is 6.92 Å². The van der Waals surface area contributed by atoms with Crippen molar-refractivity contribution in [3.8, 4) is 0 Å². The lowest BCUT2D eigenvalue weighted by Crippen LogP contribution is -2.16. The highest BCUT2D eigenvalue weighted by atomic mass is 16.5. The number of nitrogens with two attached hydrogens (primary N) is 1. The Morgan fingerprint density at radius 3 is 2.62 bits per heavy atom. The van der Waals surface area contributed by atoms with Gasteiger partial charge in [0.05, 0.1) is 6.61 Å². The molecule has 2 aromatic rings. The number of aromatic nitrogens is 2. The Morgan fingerprint density at radius 1 is 1.29 bits per heavy atom. The molecule has 0 fully saturated rings. The summed E-state index contributed by atoms with van der Waals surface area (Å²) in [6, 6.07) is 10.1. The molecule has 0 unspecified atom stereocenters. The van der Waals surface area contributed by atoms with E-state index in [1.165, 1.54) is 5.56 Å². The van der Waals surface area contributed by atoms with Crippen LogP contribution in [0.25, 0.3) is 0 Å². The molecule has 1 heterocycles. The molecule has 0 saturated carbocycles. The Bertz CT molecular complexity index is 605. The van der Waals surface area contributed by atoms with Crippen molar-refractivity contribution in [1.29, 1.82) is 0 Å². The zero-order chi connectivity index (χ0) is 15.2. The highest BCUT2D eigenvalue weighted by molar-refractivity contribution is 5.92. The Kier molecular flexibility index (Phi) is 4.98. The lowest BCUT2D eigenvalue weighted by atomic mass is 10.1. The fourth-order valence-electron chi connectivity index (χ4n) is 2.33. The van der Waals surface area contributed by atoms with Crippen LogP contribution in [0.1, 0.15) is 35.7 Å². The number of nitrogens with zero attached hydrogens (tertiary/aromatic N) is 2. The molecule has 112 valence electrons. The molecule has 1 aromatic heterocycles. The van der Waals surface area contributed by atoms with Crippen molar-refractivity contribution < 1.29 is 9.53 Å². The summed E-state index contributed by atoms with van der Waals surface area (Å²) in [5, 5.41) is 0. The number of nitrogen functional groups attached to an aromatic ring is 1. The van der Waals surface area contributed by atoms with Gasteiger partial charge in [0, 0.05) is 13.0 Å². The molecule has 5 nitrogen and oxygen atoms in total. The maximum atomic E-state index is 12.1. The number of imidazole rings is 1. The normalized spacial score (nSPS) is 10.6. The predicted octanol–water partition coefficient (Wildman–Crippen LogP) is 2.45. The predicted molar refractivity (Wildman–Crippen MR) is 82.1 cm³/mol. The second-order valence-electron chi connectivity index (χ2n) is 4.72. The van der Waals surface area contributed by atoms with Crippen molar-refractivity contribution in [2.45, 2.75) is 33.2 Å². The average molecular weight is 287 g/mol. The quantitative estimate of drug-likeness (QED) is 0.828. The number of esters is 1. The van der Waals surface area contributed by atoms with E-state index in [-0.39, 0.29) is 5.82 Å². The topological polar surface area (TPSA) is 70.1 Å². The van der Waals surface area contributed by atoms with Gasteiger partial charge in [-0.2, -0.15) is 0 Å². The minimum absolute atomic E-state index is 0.248. The minimum Gasteiger partial charge on any atom is -0.461 e. The monoisotopic (exact) mass is 287 g/mol. The van der Waals surface area contributed by atoms with Crippen LogP contribution in [0.3, 0.4) is 0 Å². The number of anilines is 1. The van der Waals surface area contributed by atoms with Crippen LogP contribution >= 0.6 is 0 Å². The fraction of sp³-hybridized carbons (Fsp3) is 0.375. The molecular formula is C16H21N3O2. The van der Waals surface area contributed by atoms with Gasteiger partial charge >= 0.3 is 5.97 Å². The first kappa shape index (κ1) is 15.1. The first-order valence-corrected chi connectivity index (χ1v) is 7.23. The van der Waals surface area contributed by atoms with Crippen molar-refractivity contribution in [2.75, 3.05) is 12.3 Å². The van der Waals surface area contributed by atoms with Crippen molar-refractivity contribution in [1.82, 2.24) is 9.55 Å². The maximum absolute atomic E-state index is 12.1. The number of hydrogen-bond acceptors (Lipinski definition) is 4. The molecule has 2 rings (SSSR count). The second kappa shape index (κ2) is 6.92. The lowest BCUT2D eigenvalue weighted by Gasteiger charge is -2.11. The van der Waals surface area contributed by atoms with Gasteiger partial charge in [0.15, 0.2) is 11.5 Å². The minimum atomic E-state index is -0.407. The largest absolute Gasteiger partial charge is 0.461 e. The van der Waals surface area contributed by atoms with Crippen LogP contribution in [-0.4, -0.2) is 22.1 Å². The van der Waals surface area contributed by atoms with E-state index in [4.69, 9.17) is 10.5 Å². The van der Waals surface area contributed by atoms with Crippen LogP contribution < -0.4 is 5.73 Å². The van der Waals surface area contributed by atoms with Gasteiger partial charge < -0.3 is 15.0 Å². The third-order valence-corrected chi connectivity index (χ3v) is 3.33. The summed E-state index contributed by atoms with van der Waals surface area (Å²) in [7, 11) is 0. The number of benzene rings is 1. The molecule has 0 amide bonds. The summed E-state index contributed by atoms with van der Waals surface area (Å²) in [4.78, 5) is 16.3. The molecule has 0 spiro atoms. The summed E-state index contributed by atoms with van der Waals surface area (Å²) in [6.45, 7) is 4.75. The van der Waals surface area contributed by atoms with Gasteiger partial charge in [-0.1, -0.05) is 37.3 Å². The summed E-state index contributed by atoms with van der Waals surface area (Å²) in [5.41, 5.74) is 7.46. The molecular weight excluding hydrogens is 266 g/mol. The van der Waals surface area contributed by atoms with Gasteiger partial charge in [-0.15, -0.1) is 0 Å². The fourth-order valence-corrected chi connectivity index (χ4v) is 2.33. The third-order valence-electron chi connectivity index (χ3n) is 3.33. The van der Waals surface area contributed by atoms with E-state index in [0.29, 0.717) is 18.8 Å². The van der Waals surface area contributed by atoms with E-state index in [0.717, 1.165) is 18.7 Å². The van der Waals surface area contributed by atoms with Crippen LogP contribution in [0, 0.1) is 0 Å². The second-order valence-corrected chi connectivity index (χ2v) is 4.72. The van der Waals surface area contributed by atoms with E-state index in [1.807, 2.05) is 29.7 Å². The van der Waals surface area contributed by atoms with Crippen LogP contribution in [0.15, 0.2) is 30.3 Å². The molecule has 2 N–H and O–H groups in total. The Hall–Kier alpha value is -2.30. The third kappa shape index (κ3) is 3.42. The molecule has 5 heteroatoms. The Balaban J connectivity index is 2.26. The lowest BCUT2D eigenvalue weighted by molar-refractivity contribution is 0.0514. The zero-order valence-corrected chi connectivity index (χ0v) is 12.5. The number of ether oxygens (including phenoxy) is 1. The summed E-state index contributed by atoms with van der Waals surface area (Å²) < 4.78 is 6.95. The zero-order valence-electron chi connectivity index (χ0n) is 12.5. The number of hydrogen-bond donors (Lipinski definition) is 1. The molecule has 21 heavy (non-hydrogen) atoms. The number of rotatable bonds is 6. The van der Waals surface area contributed by atoms with Gasteiger partial charge in [-0.25, -0.2) is 9.78 Å². The van der Waals surface area contributed by atoms with Crippen LogP contribution in [-0.2, 0) is 24.1 Å². The molecule has 1 aromatic carbocycles. The molecule has 0 radical (unpaired) electrons. The molecule has 0 aliphatic rings. The summed E-state index contributed by atoms with van der Waals surface area (Å²) in [6.07, 6.45) is 1.54. The standard InChI is InChI=1S/C16H21N3O2/c1-3-13-18-15(17)14(16(20)21-4-2)19(13)11-10-12-8-6-5-7-9-12/h5-9H,3-4,10-11,17H2,1-2H3. The summed E-state index contributed by atoms with van der Waals surface area (Å²) >= 11 is 0. The summed E-state index contributed by atoms with van der Waals surface area (Å²) in [5.74, 6) is 0.653. The molecule has 0 aliphatic carbocycles. The van der Waals surface area contributed by atoms with E-state index < -0.39 is 5.97 Å². The SMILES string of the molecule is CCOC(=O)c1c(N)nc(CC)n1CCc1ccccc1. The van der Waals surface area contributed by atoms with Crippen molar-refractivity contribution in [3.63, 3.8) is 0 Å². The van der Waals surface area contributed by atoms with Gasteiger partial charge in [0.1, 0.15) is 5.82 Å². The van der Waals surface area contributed by atoms with Gasteiger partial charge in [-0.05, 0) is 18.9 Å². The number of aryl methyl sites for hydroxylation is 2. The smallest absolute Gasteiger partial charge is 0.358 e. The molecule has 0 bridgehead atoms. The van der Waals surface area contributed by atoms with Crippen molar-refractivity contribution in [3.05, 3.63) is 47.4 Å². The van der Waals surface area contributed by atoms with E-state index >= 15 is 0 Å². The molecule has 0 saturated heterocycles. The first-order valence-electron chi connectivity index (χ1n) is 7.23. The highest BCUT2D eigenvalue weighted by Crippen LogP contribution is 2.17. The molecule has 0 aliphatic heterocycles. The average Bonchev–Trinajstić information content (AvgIpc) is 2.82. The van der Waals surface area contributed by atoms with Gasteiger partial charge in [-0.3, -0.25) is 0 Å². The van der Waals surface area contributed by atoms with Crippen LogP contribution in [0.5, 0.6) is 0 Å². The molecule has 0 atom stereocenters. The van der Waals surface area contributed by atoms with Crippen LogP contribution in [0.4, 0.5) is 5.82 Å². The Morgan fingerprint density at radius 2 is 2.00 bits per heavy atom. The Labute approximate surface area is 124 Å². The van der Waals surface area contributed by atoms with Gasteiger partial charge in [0.25, 0.3) is 0 Å².